The smallest absolute Gasteiger partial charge is 0.326 e. The Morgan fingerprint density at radius 3 is 2.38 bits per heavy atom. The van der Waals surface area contributed by atoms with E-state index in [-0.39, 0.29) is 22.4 Å². The third kappa shape index (κ3) is 3.64. The van der Waals surface area contributed by atoms with Gasteiger partial charge in [0.15, 0.2) is 6.61 Å². The highest BCUT2D eigenvalue weighted by Crippen LogP contribution is 2.30. The first-order valence-corrected chi connectivity index (χ1v) is 9.65. The van der Waals surface area contributed by atoms with Crippen LogP contribution in [0.4, 0.5) is 11.4 Å². The zero-order valence-electron chi connectivity index (χ0n) is 17.4. The molecule has 0 spiro atoms. The van der Waals surface area contributed by atoms with E-state index in [1.165, 1.54) is 37.4 Å². The number of nitrogens with zero attached hydrogens (tertiary/aromatic N) is 3. The van der Waals surface area contributed by atoms with Crippen LogP contribution in [-0.4, -0.2) is 70.4 Å². The van der Waals surface area contributed by atoms with E-state index in [9.17, 15) is 38.9 Å². The minimum absolute atomic E-state index is 0.113. The number of nitro groups is 1. The van der Waals surface area contributed by atoms with Crippen LogP contribution < -0.4 is 5.32 Å². The van der Waals surface area contributed by atoms with Gasteiger partial charge in [-0.1, -0.05) is 6.07 Å². The summed E-state index contributed by atoms with van der Waals surface area (Å²) >= 11 is 0. The summed E-state index contributed by atoms with van der Waals surface area (Å²) in [5, 5.41) is 13.5. The number of carbonyl (C=O) groups is 6. The number of rotatable bonds is 6. The van der Waals surface area contributed by atoms with Crippen molar-refractivity contribution in [2.75, 3.05) is 25.5 Å². The van der Waals surface area contributed by atoms with Crippen LogP contribution in [0.15, 0.2) is 36.4 Å². The first-order chi connectivity index (χ1) is 16.1. The maximum absolute atomic E-state index is 12.5. The molecule has 0 atom stereocenters. The molecular weight excluding hydrogens is 452 g/mol. The second-order valence-electron chi connectivity index (χ2n) is 7.29. The molecular formula is C21H14N4O9. The first kappa shape index (κ1) is 22.3. The molecule has 13 nitrogen and oxygen atoms in total. The van der Waals surface area contributed by atoms with Crippen molar-refractivity contribution in [3.05, 3.63) is 68.8 Å². The molecule has 0 aliphatic carbocycles. The van der Waals surface area contributed by atoms with E-state index in [4.69, 9.17) is 4.74 Å². The predicted octanol–water partition coefficient (Wildman–Crippen LogP) is 0.598. The topological polar surface area (TPSA) is 173 Å². The second kappa shape index (κ2) is 8.20. The van der Waals surface area contributed by atoms with Crippen LogP contribution in [0.25, 0.3) is 0 Å². The number of ether oxygens (including phenoxy) is 1. The van der Waals surface area contributed by atoms with Crippen molar-refractivity contribution in [1.29, 1.82) is 0 Å². The van der Waals surface area contributed by atoms with E-state index in [1.54, 1.807) is 0 Å². The van der Waals surface area contributed by atoms with E-state index in [0.29, 0.717) is 4.90 Å². The quantitative estimate of drug-likeness (QED) is 0.277. The molecule has 1 N–H and O–H groups in total. The number of hydrogen-bond donors (Lipinski definition) is 1. The molecule has 0 saturated carbocycles. The number of benzene rings is 2. The third-order valence-corrected chi connectivity index (χ3v) is 5.20. The molecule has 0 fully saturated rings. The zero-order chi connectivity index (χ0) is 24.7. The summed E-state index contributed by atoms with van der Waals surface area (Å²) in [6.07, 6.45) is 0. The summed E-state index contributed by atoms with van der Waals surface area (Å²) in [5.74, 6) is -4.78. The van der Waals surface area contributed by atoms with Gasteiger partial charge in [0.1, 0.15) is 12.1 Å². The molecule has 0 unspecified atom stereocenters. The zero-order valence-corrected chi connectivity index (χ0v) is 17.4. The summed E-state index contributed by atoms with van der Waals surface area (Å²) in [6.45, 7) is -1.62. The Morgan fingerprint density at radius 1 is 0.971 bits per heavy atom. The van der Waals surface area contributed by atoms with Gasteiger partial charge in [0.05, 0.1) is 21.6 Å². The molecule has 4 rings (SSSR count). The molecule has 2 aromatic carbocycles. The fourth-order valence-electron chi connectivity index (χ4n) is 3.57. The number of anilines is 1. The maximum atomic E-state index is 12.5. The molecule has 2 heterocycles. The number of esters is 1. The first-order valence-electron chi connectivity index (χ1n) is 9.65. The van der Waals surface area contributed by atoms with E-state index in [0.717, 1.165) is 11.0 Å². The minimum atomic E-state index is -1.09. The molecule has 2 aliphatic heterocycles. The number of imide groups is 2. The Hall–Kier alpha value is -4.94. The summed E-state index contributed by atoms with van der Waals surface area (Å²) in [6, 6.07) is 7.63. The molecule has 172 valence electrons. The number of nitro benzene ring substituents is 1. The van der Waals surface area contributed by atoms with E-state index < -0.39 is 64.8 Å². The van der Waals surface area contributed by atoms with Crippen LogP contribution in [0.2, 0.25) is 0 Å². The highest BCUT2D eigenvalue weighted by atomic mass is 16.6. The van der Waals surface area contributed by atoms with E-state index in [2.05, 4.69) is 5.32 Å². The van der Waals surface area contributed by atoms with Gasteiger partial charge < -0.3 is 10.1 Å². The Morgan fingerprint density at radius 2 is 1.68 bits per heavy atom. The van der Waals surface area contributed by atoms with Crippen LogP contribution in [0, 0.1) is 10.1 Å². The van der Waals surface area contributed by atoms with Crippen LogP contribution in [0.1, 0.15) is 41.4 Å². The molecule has 34 heavy (non-hydrogen) atoms. The average molecular weight is 466 g/mol. The second-order valence-corrected chi connectivity index (χ2v) is 7.29. The van der Waals surface area contributed by atoms with Gasteiger partial charge in [-0.15, -0.1) is 0 Å². The molecule has 0 saturated heterocycles. The van der Waals surface area contributed by atoms with E-state index in [1.807, 2.05) is 0 Å². The van der Waals surface area contributed by atoms with Gasteiger partial charge in [-0.05, 0) is 24.3 Å². The van der Waals surface area contributed by atoms with Gasteiger partial charge in [0.2, 0.25) is 0 Å². The van der Waals surface area contributed by atoms with Gasteiger partial charge >= 0.3 is 5.97 Å². The normalized spacial score (nSPS) is 14.3. The lowest BCUT2D eigenvalue weighted by Gasteiger charge is -2.13. The molecule has 13 heteroatoms. The highest BCUT2D eigenvalue weighted by Gasteiger charge is 2.42. The average Bonchev–Trinajstić information content (AvgIpc) is 3.17. The number of nitrogens with one attached hydrogen (secondary N) is 1. The van der Waals surface area contributed by atoms with Crippen molar-refractivity contribution in [2.45, 2.75) is 0 Å². The Balaban J connectivity index is 1.36. The maximum Gasteiger partial charge on any atom is 0.326 e. The summed E-state index contributed by atoms with van der Waals surface area (Å²) in [7, 11) is 1.33. The third-order valence-electron chi connectivity index (χ3n) is 5.20. The lowest BCUT2D eigenvalue weighted by atomic mass is 10.1. The van der Waals surface area contributed by atoms with Gasteiger partial charge in [-0.25, -0.2) is 0 Å². The number of carbonyl (C=O) groups excluding carboxylic acids is 6. The molecule has 2 aromatic rings. The monoisotopic (exact) mass is 466 g/mol. The van der Waals surface area contributed by atoms with E-state index >= 15 is 0 Å². The number of hydrogen-bond acceptors (Lipinski definition) is 9. The SMILES string of the molecule is CN1C(=O)c2ccc(NC(=O)COC(=O)CN3C(=O)c4cccc([N+](=O)[O-])c4C3=O)cc2C1=O. The lowest BCUT2D eigenvalue weighted by molar-refractivity contribution is -0.385. The Labute approximate surface area is 190 Å². The Bertz CT molecular complexity index is 1330. The van der Waals surface area contributed by atoms with Crippen LogP contribution >= 0.6 is 0 Å². The minimum Gasteiger partial charge on any atom is -0.454 e. The van der Waals surface area contributed by atoms with Gasteiger partial charge in [0, 0.05) is 18.8 Å². The predicted molar refractivity (Wildman–Crippen MR) is 111 cm³/mol. The van der Waals surface area contributed by atoms with Crippen molar-refractivity contribution < 1.29 is 38.4 Å². The number of amides is 5. The van der Waals surface area contributed by atoms with Crippen molar-refractivity contribution in [2.24, 2.45) is 0 Å². The molecule has 5 amide bonds. The van der Waals surface area contributed by atoms with Crippen LogP contribution in [0.5, 0.6) is 0 Å². The Kier molecular flexibility index (Phi) is 5.37. The summed E-state index contributed by atoms with van der Waals surface area (Å²) in [4.78, 5) is 84.8. The van der Waals surface area contributed by atoms with Gasteiger partial charge in [0.25, 0.3) is 35.2 Å². The van der Waals surface area contributed by atoms with Crippen molar-refractivity contribution in [1.82, 2.24) is 9.80 Å². The summed E-state index contributed by atoms with van der Waals surface area (Å²) in [5.41, 5.74) is -0.700. The largest absolute Gasteiger partial charge is 0.454 e. The van der Waals surface area contributed by atoms with Crippen molar-refractivity contribution in [3.63, 3.8) is 0 Å². The number of fused-ring (bicyclic) bond motifs is 2. The van der Waals surface area contributed by atoms with Gasteiger partial charge in [-0.3, -0.25) is 48.7 Å². The molecule has 2 aliphatic rings. The molecule has 0 aromatic heterocycles. The fourth-order valence-corrected chi connectivity index (χ4v) is 3.57. The van der Waals surface area contributed by atoms with Crippen molar-refractivity contribution in [3.8, 4) is 0 Å². The molecule has 0 bridgehead atoms. The van der Waals surface area contributed by atoms with Crippen LogP contribution in [0.3, 0.4) is 0 Å². The van der Waals surface area contributed by atoms with Crippen LogP contribution in [-0.2, 0) is 14.3 Å². The van der Waals surface area contributed by atoms with Gasteiger partial charge in [-0.2, -0.15) is 0 Å². The fraction of sp³-hybridized carbons (Fsp3) is 0.143. The highest BCUT2D eigenvalue weighted by molar-refractivity contribution is 6.24. The van der Waals surface area contributed by atoms with Crippen molar-refractivity contribution >= 4 is 46.9 Å². The summed E-state index contributed by atoms with van der Waals surface area (Å²) < 4.78 is 4.80. The molecule has 0 radical (unpaired) electrons. The lowest BCUT2D eigenvalue weighted by Crippen LogP contribution is -2.36. The standard InChI is InChI=1S/C21H14N4O9/c1-23-18(28)11-6-5-10(7-13(11)19(23)29)22-15(26)9-34-16(27)8-24-20(30)12-3-2-4-14(25(32)33)17(12)21(24)31/h2-7H,8-9H2,1H3,(H,22,26).